The summed E-state index contributed by atoms with van der Waals surface area (Å²) >= 11 is 0. The molecule has 0 unspecified atom stereocenters. The van der Waals surface area contributed by atoms with Crippen LogP contribution in [-0.4, -0.2) is 57.3 Å². The second kappa shape index (κ2) is 11.9. The molecule has 2 saturated heterocycles. The Morgan fingerprint density at radius 3 is 2.20 bits per heavy atom. The van der Waals surface area contributed by atoms with Crippen molar-refractivity contribution in [2.45, 2.75) is 43.5 Å². The van der Waals surface area contributed by atoms with E-state index in [4.69, 9.17) is 4.74 Å². The molecule has 1 N–H and O–H groups in total. The number of hydrogen-bond acceptors (Lipinski definition) is 4. The monoisotopic (exact) mass is 565 g/mol. The number of nitrogens with zero attached hydrogens (tertiary/aromatic N) is 2. The standard InChI is InChI=1S/C33H38F3N3O2/c1-38(24-25-11-5-3-6-12-25)29-16-10-9-15-27(29)28-23-37-20-17-31(28)18-21-39(22-19-31)30(40)32(41-2,33(34,35)36)26-13-7-4-8-14-26/h3-16,28,37H,17-24H2,1-2H3/t28-,32+/m0/s1. The number of anilines is 1. The topological polar surface area (TPSA) is 44.8 Å². The summed E-state index contributed by atoms with van der Waals surface area (Å²) < 4.78 is 48.9. The smallest absolute Gasteiger partial charge is 0.370 e. The van der Waals surface area contributed by atoms with Gasteiger partial charge in [-0.3, -0.25) is 4.79 Å². The van der Waals surface area contributed by atoms with Gasteiger partial charge < -0.3 is 19.9 Å². The molecule has 8 heteroatoms. The number of rotatable bonds is 7. The number of methoxy groups -OCH3 is 1. The van der Waals surface area contributed by atoms with Crippen molar-refractivity contribution in [2.75, 3.05) is 45.2 Å². The Bertz CT molecular complexity index is 1310. The summed E-state index contributed by atoms with van der Waals surface area (Å²) in [5.41, 5.74) is 0.269. The zero-order chi connectivity index (χ0) is 29.1. The predicted octanol–water partition coefficient (Wildman–Crippen LogP) is 6.11. The van der Waals surface area contributed by atoms with Crippen LogP contribution in [0.4, 0.5) is 18.9 Å². The van der Waals surface area contributed by atoms with Crippen molar-refractivity contribution in [3.63, 3.8) is 0 Å². The number of piperidine rings is 2. The molecule has 5 rings (SSSR count). The third kappa shape index (κ3) is 5.47. The highest BCUT2D eigenvalue weighted by Crippen LogP contribution is 2.51. The van der Waals surface area contributed by atoms with Gasteiger partial charge in [-0.25, -0.2) is 0 Å². The van der Waals surface area contributed by atoms with Crippen LogP contribution in [0.3, 0.4) is 0 Å². The van der Waals surface area contributed by atoms with E-state index >= 15 is 0 Å². The predicted molar refractivity (Wildman–Crippen MR) is 155 cm³/mol. The van der Waals surface area contributed by atoms with Crippen LogP contribution in [0.1, 0.15) is 41.9 Å². The van der Waals surface area contributed by atoms with Crippen LogP contribution >= 0.6 is 0 Å². The SMILES string of the molecule is CO[C@@](C(=O)N1CCC2(CCNC[C@H]2c2ccccc2N(C)Cc2ccccc2)CC1)(c1ccccc1)C(F)(F)F. The van der Waals surface area contributed by atoms with E-state index in [-0.39, 0.29) is 30.0 Å². The molecular weight excluding hydrogens is 527 g/mol. The highest BCUT2D eigenvalue weighted by atomic mass is 19.4. The summed E-state index contributed by atoms with van der Waals surface area (Å²) in [4.78, 5) is 17.3. The number of carbonyl (C=O) groups is 1. The average Bonchev–Trinajstić information content (AvgIpc) is 2.99. The Kier molecular flexibility index (Phi) is 8.43. The van der Waals surface area contributed by atoms with Crippen molar-refractivity contribution in [3.8, 4) is 0 Å². The molecule has 3 aromatic carbocycles. The maximum Gasteiger partial charge on any atom is 0.430 e. The maximum atomic E-state index is 14.6. The Morgan fingerprint density at radius 1 is 0.951 bits per heavy atom. The first-order valence-electron chi connectivity index (χ1n) is 14.2. The molecule has 218 valence electrons. The summed E-state index contributed by atoms with van der Waals surface area (Å²) in [7, 11) is 3.07. The van der Waals surface area contributed by atoms with Crippen LogP contribution < -0.4 is 10.2 Å². The van der Waals surface area contributed by atoms with Crippen molar-refractivity contribution in [3.05, 3.63) is 102 Å². The summed E-state index contributed by atoms with van der Waals surface area (Å²) in [6.07, 6.45) is -2.73. The third-order valence-electron chi connectivity index (χ3n) is 9.11. The largest absolute Gasteiger partial charge is 0.430 e. The highest BCUT2D eigenvalue weighted by Gasteiger charge is 2.64. The zero-order valence-corrected chi connectivity index (χ0v) is 23.7. The van der Waals surface area contributed by atoms with E-state index in [1.807, 2.05) is 18.2 Å². The van der Waals surface area contributed by atoms with Gasteiger partial charge in [-0.05, 0) is 48.4 Å². The minimum absolute atomic E-state index is 0.119. The molecular formula is C33H38F3N3O2. The average molecular weight is 566 g/mol. The fraction of sp³-hybridized carbons (Fsp3) is 0.424. The van der Waals surface area contributed by atoms with E-state index in [0.29, 0.717) is 12.8 Å². The first-order chi connectivity index (χ1) is 19.7. The third-order valence-corrected chi connectivity index (χ3v) is 9.11. The first-order valence-corrected chi connectivity index (χ1v) is 14.2. The van der Waals surface area contributed by atoms with Gasteiger partial charge in [0, 0.05) is 57.5 Å². The van der Waals surface area contributed by atoms with Gasteiger partial charge in [0.05, 0.1) is 0 Å². The molecule has 2 fully saturated rings. The molecule has 2 atom stereocenters. The number of benzene rings is 3. The van der Waals surface area contributed by atoms with E-state index in [2.05, 4.69) is 53.7 Å². The quantitative estimate of drug-likeness (QED) is 0.375. The van der Waals surface area contributed by atoms with Crippen LogP contribution in [0.15, 0.2) is 84.9 Å². The molecule has 3 aromatic rings. The minimum Gasteiger partial charge on any atom is -0.370 e. The van der Waals surface area contributed by atoms with Crippen molar-refractivity contribution >= 4 is 11.6 Å². The molecule has 0 bridgehead atoms. The lowest BCUT2D eigenvalue weighted by molar-refractivity contribution is -0.271. The zero-order valence-electron chi connectivity index (χ0n) is 23.7. The van der Waals surface area contributed by atoms with E-state index in [1.165, 1.54) is 40.3 Å². The molecule has 1 spiro atoms. The van der Waals surface area contributed by atoms with Crippen LogP contribution in [0.2, 0.25) is 0 Å². The molecule has 2 aliphatic heterocycles. The molecule has 0 aromatic heterocycles. The first kappa shape index (κ1) is 29.1. The molecule has 1 amide bonds. The molecule has 0 radical (unpaired) electrons. The lowest BCUT2D eigenvalue weighted by Gasteiger charge is -2.51. The van der Waals surface area contributed by atoms with E-state index in [1.54, 1.807) is 6.07 Å². The van der Waals surface area contributed by atoms with Gasteiger partial charge in [0.2, 0.25) is 0 Å². The van der Waals surface area contributed by atoms with E-state index < -0.39 is 17.7 Å². The van der Waals surface area contributed by atoms with Gasteiger partial charge in [0.1, 0.15) is 0 Å². The van der Waals surface area contributed by atoms with Gasteiger partial charge in [0.25, 0.3) is 11.5 Å². The van der Waals surface area contributed by atoms with Crippen molar-refractivity contribution in [1.82, 2.24) is 10.2 Å². The summed E-state index contributed by atoms with van der Waals surface area (Å²) in [5, 5.41) is 3.56. The molecule has 5 nitrogen and oxygen atoms in total. The Hall–Kier alpha value is -3.36. The molecule has 2 aliphatic rings. The van der Waals surface area contributed by atoms with E-state index in [9.17, 15) is 18.0 Å². The molecule has 2 heterocycles. The number of amides is 1. The van der Waals surface area contributed by atoms with Gasteiger partial charge in [-0.1, -0.05) is 78.9 Å². The van der Waals surface area contributed by atoms with Crippen LogP contribution in [-0.2, 0) is 21.7 Å². The number of para-hydroxylation sites is 1. The second-order valence-corrected chi connectivity index (χ2v) is 11.3. The summed E-state index contributed by atoms with van der Waals surface area (Å²) in [5.74, 6) is -0.867. The number of carbonyl (C=O) groups excluding carboxylic acids is 1. The van der Waals surface area contributed by atoms with Gasteiger partial charge in [0.15, 0.2) is 0 Å². The summed E-state index contributed by atoms with van der Waals surface area (Å²) in [6.45, 7) is 2.92. The minimum atomic E-state index is -4.91. The fourth-order valence-electron chi connectivity index (χ4n) is 6.86. The Morgan fingerprint density at radius 2 is 1.56 bits per heavy atom. The van der Waals surface area contributed by atoms with Crippen LogP contribution in [0.5, 0.6) is 0 Å². The number of likely N-dealkylation sites (tertiary alicyclic amines) is 1. The van der Waals surface area contributed by atoms with Gasteiger partial charge >= 0.3 is 6.18 Å². The lowest BCUT2D eigenvalue weighted by Crippen LogP contribution is -2.59. The number of nitrogens with one attached hydrogen (secondary N) is 1. The second-order valence-electron chi connectivity index (χ2n) is 11.3. The van der Waals surface area contributed by atoms with Crippen molar-refractivity contribution in [1.29, 1.82) is 0 Å². The maximum absolute atomic E-state index is 14.6. The normalized spacial score (nSPS) is 20.4. The molecule has 0 saturated carbocycles. The number of hydrogen-bond donors (Lipinski definition) is 1. The number of alkyl halides is 3. The van der Waals surface area contributed by atoms with Gasteiger partial charge in [-0.15, -0.1) is 0 Å². The lowest BCUT2D eigenvalue weighted by atomic mass is 9.62. The van der Waals surface area contributed by atoms with Crippen LogP contribution in [0, 0.1) is 5.41 Å². The summed E-state index contributed by atoms with van der Waals surface area (Å²) in [6, 6.07) is 26.0. The fourth-order valence-corrected chi connectivity index (χ4v) is 6.86. The molecule has 41 heavy (non-hydrogen) atoms. The van der Waals surface area contributed by atoms with Crippen LogP contribution in [0.25, 0.3) is 0 Å². The van der Waals surface area contributed by atoms with Crippen molar-refractivity contribution in [2.24, 2.45) is 5.41 Å². The Labute approximate surface area is 240 Å². The Balaban J connectivity index is 1.40. The number of halogens is 3. The van der Waals surface area contributed by atoms with E-state index in [0.717, 1.165) is 38.9 Å². The highest BCUT2D eigenvalue weighted by molar-refractivity contribution is 5.88. The number of ether oxygens (including phenoxy) is 1. The van der Waals surface area contributed by atoms with Gasteiger partial charge in [-0.2, -0.15) is 13.2 Å². The molecule has 0 aliphatic carbocycles. The van der Waals surface area contributed by atoms with Crippen molar-refractivity contribution < 1.29 is 22.7 Å².